The minimum atomic E-state index is -4.20. The number of hydrogen-bond acceptors (Lipinski definition) is 3. The highest BCUT2D eigenvalue weighted by Crippen LogP contribution is 2.26. The largest absolute Gasteiger partial charge is 0.403 e. The van der Waals surface area contributed by atoms with E-state index in [1.165, 1.54) is 0 Å². The van der Waals surface area contributed by atoms with Crippen LogP contribution in [0.1, 0.15) is 32.1 Å². The lowest BCUT2D eigenvalue weighted by atomic mass is 10.00. The monoisotopic (exact) mass is 280 g/mol. The summed E-state index contributed by atoms with van der Waals surface area (Å²) in [6, 6.07) is -1.66. The minimum Gasteiger partial charge on any atom is -0.378 e. The van der Waals surface area contributed by atoms with E-state index in [1.807, 2.05) is 0 Å². The average Bonchev–Trinajstić information content (AvgIpc) is 2.81. The fourth-order valence-corrected chi connectivity index (χ4v) is 2.56. The summed E-state index contributed by atoms with van der Waals surface area (Å²) in [5.74, 6) is -0.135. The molecule has 19 heavy (non-hydrogen) atoms. The zero-order valence-corrected chi connectivity index (χ0v) is 10.6. The van der Waals surface area contributed by atoms with Crippen molar-refractivity contribution in [3.63, 3.8) is 0 Å². The number of carbonyl (C=O) groups excluding carboxylic acids is 1. The Balaban J connectivity index is 1.68. The highest BCUT2D eigenvalue weighted by Gasteiger charge is 2.41. The molecule has 0 aromatic rings. The molecule has 4 nitrogen and oxygen atoms in total. The van der Waals surface area contributed by atoms with Crippen LogP contribution in [0.25, 0.3) is 0 Å². The van der Waals surface area contributed by atoms with Crippen LogP contribution in [0, 0.1) is 0 Å². The predicted octanol–water partition coefficient (Wildman–Crippen LogP) is 1.35. The minimum absolute atomic E-state index is 0.00831. The Morgan fingerprint density at radius 2 is 2.11 bits per heavy atom. The molecule has 0 radical (unpaired) electrons. The second kappa shape index (κ2) is 6.09. The van der Waals surface area contributed by atoms with Crippen molar-refractivity contribution in [1.82, 2.24) is 10.6 Å². The Bertz CT molecular complexity index is 309. The van der Waals surface area contributed by atoms with Gasteiger partial charge in [0.05, 0.1) is 12.5 Å². The predicted molar refractivity (Wildman–Crippen MR) is 62.6 cm³/mol. The van der Waals surface area contributed by atoms with Gasteiger partial charge in [-0.1, -0.05) is 0 Å². The van der Waals surface area contributed by atoms with Gasteiger partial charge in [-0.05, 0) is 25.7 Å². The van der Waals surface area contributed by atoms with Gasteiger partial charge in [0.1, 0.15) is 6.04 Å². The van der Waals surface area contributed by atoms with E-state index in [4.69, 9.17) is 4.74 Å². The normalized spacial score (nSPS) is 32.3. The molecule has 2 heterocycles. The smallest absolute Gasteiger partial charge is 0.378 e. The van der Waals surface area contributed by atoms with E-state index >= 15 is 0 Å². The molecule has 2 saturated heterocycles. The highest BCUT2D eigenvalue weighted by atomic mass is 19.4. The first-order valence-electron chi connectivity index (χ1n) is 6.66. The van der Waals surface area contributed by atoms with Crippen molar-refractivity contribution in [2.24, 2.45) is 0 Å². The number of amides is 1. The van der Waals surface area contributed by atoms with Gasteiger partial charge in [0.2, 0.25) is 5.91 Å². The van der Waals surface area contributed by atoms with Crippen molar-refractivity contribution in [1.29, 1.82) is 0 Å². The Morgan fingerprint density at radius 3 is 2.63 bits per heavy atom. The third-order valence-electron chi connectivity index (χ3n) is 3.61. The number of alkyl halides is 3. The van der Waals surface area contributed by atoms with Crippen LogP contribution in [0.2, 0.25) is 0 Å². The van der Waals surface area contributed by atoms with Gasteiger partial charge in [0.15, 0.2) is 0 Å². The third-order valence-corrected chi connectivity index (χ3v) is 3.61. The number of carbonyl (C=O) groups is 1. The van der Waals surface area contributed by atoms with Crippen molar-refractivity contribution in [3.05, 3.63) is 0 Å². The summed E-state index contributed by atoms with van der Waals surface area (Å²) in [5.41, 5.74) is 0. The number of rotatable bonds is 3. The second-order valence-corrected chi connectivity index (χ2v) is 5.18. The number of ether oxygens (including phenoxy) is 1. The van der Waals surface area contributed by atoms with Crippen molar-refractivity contribution in [2.75, 3.05) is 13.2 Å². The summed E-state index contributed by atoms with van der Waals surface area (Å²) >= 11 is 0. The molecule has 0 bridgehead atoms. The number of piperidine rings is 1. The summed E-state index contributed by atoms with van der Waals surface area (Å²) in [6.45, 7) is 0.859. The van der Waals surface area contributed by atoms with E-state index in [1.54, 1.807) is 0 Å². The van der Waals surface area contributed by atoms with E-state index < -0.39 is 12.2 Å². The molecule has 2 aliphatic rings. The van der Waals surface area contributed by atoms with Gasteiger partial charge in [-0.3, -0.25) is 4.79 Å². The third kappa shape index (κ3) is 4.35. The van der Waals surface area contributed by atoms with Gasteiger partial charge in [0.25, 0.3) is 0 Å². The molecule has 7 heteroatoms. The first kappa shape index (κ1) is 14.6. The Hall–Kier alpha value is -0.820. The van der Waals surface area contributed by atoms with Crippen LogP contribution in [0.3, 0.4) is 0 Å². The molecule has 2 N–H and O–H groups in total. The summed E-state index contributed by atoms with van der Waals surface area (Å²) in [5, 5.41) is 5.21. The number of hydrogen-bond donors (Lipinski definition) is 2. The molecule has 2 aliphatic heterocycles. The van der Waals surface area contributed by atoms with Crippen molar-refractivity contribution >= 4 is 5.91 Å². The van der Waals surface area contributed by atoms with Gasteiger partial charge in [-0.15, -0.1) is 0 Å². The van der Waals surface area contributed by atoms with Crippen LogP contribution >= 0.6 is 0 Å². The molecule has 0 aromatic carbocycles. The van der Waals surface area contributed by atoms with Crippen LogP contribution in [0.15, 0.2) is 0 Å². The summed E-state index contributed by atoms with van der Waals surface area (Å²) in [6.07, 6.45) is -1.71. The van der Waals surface area contributed by atoms with Crippen LogP contribution < -0.4 is 10.6 Å². The lowest BCUT2D eigenvalue weighted by molar-refractivity contribution is -0.161. The molecular formula is C12H19F3N2O2. The average molecular weight is 280 g/mol. The van der Waals surface area contributed by atoms with E-state index in [9.17, 15) is 18.0 Å². The molecular weight excluding hydrogens is 261 g/mol. The standard InChI is InChI=1S/C12H19F3N2O2/c13-12(14,15)10-4-3-8(7-16-10)17-11(18)6-9-2-1-5-19-9/h8-10,16H,1-7H2,(H,17,18). The van der Waals surface area contributed by atoms with Crippen LogP contribution in [-0.2, 0) is 9.53 Å². The van der Waals surface area contributed by atoms with Crippen LogP contribution in [0.4, 0.5) is 13.2 Å². The van der Waals surface area contributed by atoms with Crippen LogP contribution in [0.5, 0.6) is 0 Å². The van der Waals surface area contributed by atoms with E-state index in [0.29, 0.717) is 19.4 Å². The Labute approximate surface area is 110 Å². The molecule has 110 valence electrons. The maximum Gasteiger partial charge on any atom is 0.403 e. The summed E-state index contributed by atoms with van der Waals surface area (Å²) < 4.78 is 42.7. The molecule has 1 amide bonds. The molecule has 0 saturated carbocycles. The SMILES string of the molecule is O=C(CC1CCCO1)NC1CCC(C(F)(F)F)NC1. The number of nitrogens with one attached hydrogen (secondary N) is 2. The van der Waals surface area contributed by atoms with Crippen molar-refractivity contribution in [2.45, 2.75) is 56.5 Å². The van der Waals surface area contributed by atoms with Gasteiger partial charge >= 0.3 is 6.18 Å². The zero-order valence-electron chi connectivity index (χ0n) is 10.6. The first-order chi connectivity index (χ1) is 8.95. The van der Waals surface area contributed by atoms with Gasteiger partial charge in [-0.2, -0.15) is 13.2 Å². The summed E-state index contributed by atoms with van der Waals surface area (Å²) in [7, 11) is 0. The molecule has 2 fully saturated rings. The van der Waals surface area contributed by atoms with Gasteiger partial charge < -0.3 is 15.4 Å². The molecule has 0 spiro atoms. The lowest BCUT2D eigenvalue weighted by Gasteiger charge is -2.31. The van der Waals surface area contributed by atoms with Gasteiger partial charge in [-0.25, -0.2) is 0 Å². The molecule has 3 atom stereocenters. The van der Waals surface area contributed by atoms with Crippen LogP contribution in [-0.4, -0.2) is 43.4 Å². The molecule has 0 aromatic heterocycles. The lowest BCUT2D eigenvalue weighted by Crippen LogP contribution is -2.54. The van der Waals surface area contributed by atoms with E-state index in [0.717, 1.165) is 12.8 Å². The fraction of sp³-hybridized carbons (Fsp3) is 0.917. The second-order valence-electron chi connectivity index (χ2n) is 5.18. The zero-order chi connectivity index (χ0) is 13.9. The van der Waals surface area contributed by atoms with Crippen molar-refractivity contribution in [3.8, 4) is 0 Å². The molecule has 2 rings (SSSR count). The highest BCUT2D eigenvalue weighted by molar-refractivity contribution is 5.76. The maximum absolute atomic E-state index is 12.4. The topological polar surface area (TPSA) is 50.4 Å². The Morgan fingerprint density at radius 1 is 1.32 bits per heavy atom. The van der Waals surface area contributed by atoms with E-state index in [-0.39, 0.29) is 31.0 Å². The maximum atomic E-state index is 12.4. The number of halogens is 3. The Kier molecular flexibility index (Phi) is 4.67. The van der Waals surface area contributed by atoms with Gasteiger partial charge in [0, 0.05) is 19.2 Å². The quantitative estimate of drug-likeness (QED) is 0.820. The summed E-state index contributed by atoms with van der Waals surface area (Å²) in [4.78, 5) is 11.7. The fourth-order valence-electron chi connectivity index (χ4n) is 2.56. The molecule has 0 aliphatic carbocycles. The molecule has 3 unspecified atom stereocenters. The van der Waals surface area contributed by atoms with Crippen molar-refractivity contribution < 1.29 is 22.7 Å². The first-order valence-corrected chi connectivity index (χ1v) is 6.66. The van der Waals surface area contributed by atoms with E-state index in [2.05, 4.69) is 10.6 Å².